The smallest absolute Gasteiger partial charge is 0.313 e. The molecular formula is C16H12BrClN4O2. The number of anilines is 1. The first-order valence-electron chi connectivity index (χ1n) is 6.89. The molecule has 0 aliphatic heterocycles. The quantitative estimate of drug-likeness (QED) is 0.681. The average Bonchev–Trinajstić information content (AvgIpc) is 2.99. The van der Waals surface area contributed by atoms with Crippen LogP contribution in [0.3, 0.4) is 0 Å². The van der Waals surface area contributed by atoms with Gasteiger partial charge in [-0.2, -0.15) is 0 Å². The van der Waals surface area contributed by atoms with Crippen LogP contribution in [0, 0.1) is 0 Å². The molecule has 0 saturated heterocycles. The average molecular weight is 408 g/mol. The Kier molecular flexibility index (Phi) is 5.12. The lowest BCUT2D eigenvalue weighted by Gasteiger charge is -2.11. The summed E-state index contributed by atoms with van der Waals surface area (Å²) < 4.78 is 11.6. The van der Waals surface area contributed by atoms with E-state index < -0.39 is 0 Å². The number of nitrogens with zero attached hydrogens (tertiary/aromatic N) is 3. The number of nitrogen functional groups attached to an aromatic ring is 1. The molecule has 2 heterocycles. The number of hydrogen-bond acceptors (Lipinski definition) is 6. The van der Waals surface area contributed by atoms with Gasteiger partial charge >= 0.3 is 6.01 Å². The van der Waals surface area contributed by atoms with Crippen molar-refractivity contribution in [3.05, 3.63) is 63.2 Å². The normalized spacial score (nSPS) is 11.1. The highest BCUT2D eigenvalue weighted by Crippen LogP contribution is 2.35. The summed E-state index contributed by atoms with van der Waals surface area (Å²) in [6.45, 7) is 0.378. The Hall–Kier alpha value is -2.38. The molecular weight excluding hydrogens is 396 g/mol. The van der Waals surface area contributed by atoms with Crippen molar-refractivity contribution in [1.82, 2.24) is 15.2 Å². The molecule has 1 aromatic carbocycles. The first kappa shape index (κ1) is 16.5. The van der Waals surface area contributed by atoms with Crippen LogP contribution in [0.5, 0.6) is 5.75 Å². The lowest BCUT2D eigenvalue weighted by Crippen LogP contribution is -1.97. The fourth-order valence-electron chi connectivity index (χ4n) is 1.93. The van der Waals surface area contributed by atoms with Crippen molar-refractivity contribution in [2.24, 2.45) is 0 Å². The maximum atomic E-state index is 6.31. The summed E-state index contributed by atoms with van der Waals surface area (Å²) >= 11 is 9.78. The van der Waals surface area contributed by atoms with E-state index in [4.69, 9.17) is 26.5 Å². The van der Waals surface area contributed by atoms with Crippen LogP contribution >= 0.6 is 27.5 Å². The van der Waals surface area contributed by atoms with Crippen LogP contribution in [-0.2, 0) is 6.61 Å². The van der Waals surface area contributed by atoms with Gasteiger partial charge in [0.25, 0.3) is 0 Å². The molecule has 122 valence electrons. The van der Waals surface area contributed by atoms with E-state index >= 15 is 0 Å². The van der Waals surface area contributed by atoms with Gasteiger partial charge in [0.2, 0.25) is 5.89 Å². The molecule has 3 rings (SSSR count). The van der Waals surface area contributed by atoms with Crippen molar-refractivity contribution in [1.29, 1.82) is 0 Å². The molecule has 0 spiro atoms. The molecule has 0 unspecified atom stereocenters. The van der Waals surface area contributed by atoms with E-state index in [2.05, 4.69) is 31.1 Å². The SMILES string of the molecule is Nc1nnc(/C=C/c2cc(Cl)c(OCc3cccnc3)c(Br)c2)o1. The molecule has 0 bridgehead atoms. The number of hydrogen-bond donors (Lipinski definition) is 1. The largest absolute Gasteiger partial charge is 0.486 e. The Morgan fingerprint density at radius 1 is 1.29 bits per heavy atom. The Bertz CT molecular complexity index is 845. The summed E-state index contributed by atoms with van der Waals surface area (Å²) in [7, 11) is 0. The van der Waals surface area contributed by atoms with Gasteiger partial charge in [0, 0.05) is 24.0 Å². The Labute approximate surface area is 151 Å². The van der Waals surface area contributed by atoms with Crippen LogP contribution in [0.2, 0.25) is 5.02 Å². The number of nitrogens with two attached hydrogens (primary N) is 1. The van der Waals surface area contributed by atoms with Crippen molar-refractivity contribution >= 4 is 45.7 Å². The highest BCUT2D eigenvalue weighted by molar-refractivity contribution is 9.10. The minimum absolute atomic E-state index is 0.0213. The maximum absolute atomic E-state index is 6.31. The van der Waals surface area contributed by atoms with Gasteiger partial charge in [0.15, 0.2) is 5.75 Å². The molecule has 0 atom stereocenters. The second-order valence-electron chi connectivity index (χ2n) is 4.78. The van der Waals surface area contributed by atoms with Gasteiger partial charge in [0.1, 0.15) is 6.61 Å². The molecule has 8 heteroatoms. The molecule has 0 fully saturated rings. The Morgan fingerprint density at radius 2 is 2.17 bits per heavy atom. The zero-order valence-corrected chi connectivity index (χ0v) is 14.7. The minimum Gasteiger partial charge on any atom is -0.486 e. The molecule has 0 aliphatic rings. The van der Waals surface area contributed by atoms with E-state index in [0.717, 1.165) is 15.6 Å². The second-order valence-corrected chi connectivity index (χ2v) is 6.04. The van der Waals surface area contributed by atoms with E-state index in [0.29, 0.717) is 23.3 Å². The molecule has 0 radical (unpaired) electrons. The maximum Gasteiger partial charge on any atom is 0.313 e. The van der Waals surface area contributed by atoms with Crippen molar-refractivity contribution in [2.75, 3.05) is 5.73 Å². The lowest BCUT2D eigenvalue weighted by molar-refractivity contribution is 0.304. The van der Waals surface area contributed by atoms with Crippen LogP contribution in [0.15, 0.2) is 45.5 Å². The van der Waals surface area contributed by atoms with Crippen LogP contribution in [-0.4, -0.2) is 15.2 Å². The number of rotatable bonds is 5. The summed E-state index contributed by atoms with van der Waals surface area (Å²) in [6, 6.07) is 7.46. The number of ether oxygens (including phenoxy) is 1. The van der Waals surface area contributed by atoms with Crippen molar-refractivity contribution in [2.45, 2.75) is 6.61 Å². The fraction of sp³-hybridized carbons (Fsp3) is 0.0625. The predicted octanol–water partition coefficient (Wildman–Crippen LogP) is 4.21. The van der Waals surface area contributed by atoms with Crippen molar-refractivity contribution in [3.63, 3.8) is 0 Å². The van der Waals surface area contributed by atoms with Crippen LogP contribution in [0.25, 0.3) is 12.2 Å². The van der Waals surface area contributed by atoms with Gasteiger partial charge in [0.05, 0.1) is 9.50 Å². The third-order valence-electron chi connectivity index (χ3n) is 3.00. The zero-order valence-electron chi connectivity index (χ0n) is 12.3. The topological polar surface area (TPSA) is 87.1 Å². The first-order chi connectivity index (χ1) is 11.6. The van der Waals surface area contributed by atoms with Gasteiger partial charge in [-0.1, -0.05) is 22.8 Å². The summed E-state index contributed by atoms with van der Waals surface area (Å²) in [5.74, 6) is 0.886. The third-order valence-corrected chi connectivity index (χ3v) is 3.87. The number of pyridine rings is 1. The number of benzene rings is 1. The van der Waals surface area contributed by atoms with Gasteiger partial charge in [-0.15, -0.1) is 5.10 Å². The summed E-state index contributed by atoms with van der Waals surface area (Å²) in [5.41, 5.74) is 7.17. The number of halogens is 2. The molecule has 2 aromatic heterocycles. The third kappa shape index (κ3) is 4.12. The zero-order chi connectivity index (χ0) is 16.9. The number of aromatic nitrogens is 3. The molecule has 2 N–H and O–H groups in total. The summed E-state index contributed by atoms with van der Waals surface area (Å²) in [5, 5.41) is 7.82. The highest BCUT2D eigenvalue weighted by atomic mass is 79.9. The van der Waals surface area contributed by atoms with Gasteiger partial charge in [-0.25, -0.2) is 0 Å². The van der Waals surface area contributed by atoms with E-state index in [1.54, 1.807) is 30.6 Å². The van der Waals surface area contributed by atoms with Crippen molar-refractivity contribution < 1.29 is 9.15 Å². The van der Waals surface area contributed by atoms with Gasteiger partial charge in [-0.05, 0) is 45.8 Å². The minimum atomic E-state index is 0.0213. The molecule has 0 amide bonds. The molecule has 6 nitrogen and oxygen atoms in total. The molecule has 3 aromatic rings. The van der Waals surface area contributed by atoms with Crippen LogP contribution < -0.4 is 10.5 Å². The Balaban J connectivity index is 1.74. The lowest BCUT2D eigenvalue weighted by atomic mass is 10.2. The van der Waals surface area contributed by atoms with E-state index in [9.17, 15) is 0 Å². The monoisotopic (exact) mass is 406 g/mol. The highest BCUT2D eigenvalue weighted by Gasteiger charge is 2.09. The molecule has 0 aliphatic carbocycles. The van der Waals surface area contributed by atoms with E-state index in [1.165, 1.54) is 0 Å². The molecule has 0 saturated carbocycles. The van der Waals surface area contributed by atoms with Gasteiger partial charge < -0.3 is 14.9 Å². The van der Waals surface area contributed by atoms with Crippen LogP contribution in [0.1, 0.15) is 17.0 Å². The molecule has 24 heavy (non-hydrogen) atoms. The fourth-order valence-corrected chi connectivity index (χ4v) is 2.92. The first-order valence-corrected chi connectivity index (χ1v) is 8.07. The predicted molar refractivity (Wildman–Crippen MR) is 95.4 cm³/mol. The summed E-state index contributed by atoms with van der Waals surface area (Å²) in [6.07, 6.45) is 6.89. The van der Waals surface area contributed by atoms with E-state index in [-0.39, 0.29) is 6.01 Å². The van der Waals surface area contributed by atoms with Crippen LogP contribution in [0.4, 0.5) is 6.01 Å². The second kappa shape index (κ2) is 7.46. The summed E-state index contributed by atoms with van der Waals surface area (Å²) in [4.78, 5) is 4.05. The standard InChI is InChI=1S/C16H12BrClN4O2/c17-12-6-10(3-4-14-21-22-16(19)24-14)7-13(18)15(12)23-9-11-2-1-5-20-8-11/h1-8H,9H2,(H2,19,22)/b4-3+. The van der Waals surface area contributed by atoms with Crippen molar-refractivity contribution in [3.8, 4) is 5.75 Å². The Morgan fingerprint density at radius 3 is 2.83 bits per heavy atom. The van der Waals surface area contributed by atoms with E-state index in [1.807, 2.05) is 18.2 Å². The van der Waals surface area contributed by atoms with Gasteiger partial charge in [-0.3, -0.25) is 4.98 Å².